The van der Waals surface area contributed by atoms with Crippen LogP contribution in [0.15, 0.2) is 48.5 Å². The largest absolute Gasteiger partial charge is 0.368 e. The molecule has 7 nitrogen and oxygen atoms in total. The Morgan fingerprint density at radius 3 is 2.39 bits per heavy atom. The van der Waals surface area contributed by atoms with Gasteiger partial charge in [-0.15, -0.1) is 0 Å². The van der Waals surface area contributed by atoms with Crippen LogP contribution in [0.2, 0.25) is 0 Å². The first-order valence-corrected chi connectivity index (χ1v) is 10.2. The van der Waals surface area contributed by atoms with Gasteiger partial charge in [-0.3, -0.25) is 13.9 Å². The van der Waals surface area contributed by atoms with Gasteiger partial charge in [-0.2, -0.15) is 0 Å². The summed E-state index contributed by atoms with van der Waals surface area (Å²) in [6.07, 6.45) is 0.555. The number of nitrogens with two attached hydrogens (primary N) is 1. The first kappa shape index (κ1) is 19.8. The number of rotatable bonds is 5. The predicted octanol–water partition coefficient (Wildman–Crippen LogP) is 1.66. The van der Waals surface area contributed by atoms with Crippen molar-refractivity contribution in [2.45, 2.75) is 12.5 Å². The zero-order chi connectivity index (χ0) is 20.5. The van der Waals surface area contributed by atoms with E-state index in [1.165, 1.54) is 41.7 Å². The van der Waals surface area contributed by atoms with Crippen molar-refractivity contribution in [3.8, 4) is 0 Å². The molecule has 0 aliphatic carbocycles. The molecule has 2 N–H and O–H groups in total. The number of sulfonamides is 1. The Bertz CT molecular complexity index is 1010. The van der Waals surface area contributed by atoms with Gasteiger partial charge in [0.05, 0.1) is 11.4 Å². The van der Waals surface area contributed by atoms with Gasteiger partial charge >= 0.3 is 0 Å². The van der Waals surface area contributed by atoms with Crippen LogP contribution in [0, 0.1) is 5.82 Å². The molecule has 3 rings (SSSR count). The van der Waals surface area contributed by atoms with Crippen LogP contribution < -0.4 is 10.0 Å². The first-order chi connectivity index (χ1) is 13.2. The second kappa shape index (κ2) is 7.59. The van der Waals surface area contributed by atoms with Crippen molar-refractivity contribution in [3.63, 3.8) is 0 Å². The number of carbonyl (C=O) groups is 2. The number of primary amides is 1. The SMILES string of the molecule is CN(C(=O)c1ccc(N2CCCS2(=O)=O)cc1)C(C(N)=O)c1cccc(F)c1. The number of nitrogens with zero attached hydrogens (tertiary/aromatic N) is 2. The summed E-state index contributed by atoms with van der Waals surface area (Å²) < 4.78 is 38.8. The number of carbonyl (C=O) groups excluding carboxylic acids is 2. The van der Waals surface area contributed by atoms with Crippen LogP contribution in [0.25, 0.3) is 0 Å². The lowest BCUT2D eigenvalue weighted by Gasteiger charge is -2.26. The van der Waals surface area contributed by atoms with Crippen molar-refractivity contribution in [1.29, 1.82) is 0 Å². The number of amides is 2. The van der Waals surface area contributed by atoms with Crippen LogP contribution in [-0.2, 0) is 14.8 Å². The molecule has 1 saturated heterocycles. The highest BCUT2D eigenvalue weighted by atomic mass is 32.2. The molecule has 1 unspecified atom stereocenters. The van der Waals surface area contributed by atoms with Gasteiger partial charge in [-0.1, -0.05) is 12.1 Å². The Morgan fingerprint density at radius 2 is 1.86 bits per heavy atom. The highest BCUT2D eigenvalue weighted by molar-refractivity contribution is 7.93. The summed E-state index contributed by atoms with van der Waals surface area (Å²) in [6, 6.07) is 10.3. The van der Waals surface area contributed by atoms with E-state index in [1.807, 2.05) is 0 Å². The third-order valence-corrected chi connectivity index (χ3v) is 6.51. The highest BCUT2D eigenvalue weighted by Gasteiger charge is 2.30. The standard InChI is InChI=1S/C19H20FN3O4S/c1-22(17(18(21)24)14-4-2-5-15(20)12-14)19(25)13-6-8-16(9-7-13)23-10-3-11-28(23,26)27/h2,4-9,12,17H,3,10-11H2,1H3,(H2,21,24). The van der Waals surface area contributed by atoms with Crippen LogP contribution in [0.1, 0.15) is 28.4 Å². The van der Waals surface area contributed by atoms with Gasteiger partial charge in [0.1, 0.15) is 11.9 Å². The average molecular weight is 405 g/mol. The van der Waals surface area contributed by atoms with Crippen LogP contribution in [-0.4, -0.2) is 44.5 Å². The maximum Gasteiger partial charge on any atom is 0.254 e. The zero-order valence-electron chi connectivity index (χ0n) is 15.2. The Kier molecular flexibility index (Phi) is 5.37. The molecule has 0 spiro atoms. The third kappa shape index (κ3) is 3.84. The molecular weight excluding hydrogens is 385 g/mol. The van der Waals surface area contributed by atoms with Gasteiger partial charge in [0.25, 0.3) is 5.91 Å². The van der Waals surface area contributed by atoms with Crippen LogP contribution in [0.5, 0.6) is 0 Å². The minimum Gasteiger partial charge on any atom is -0.368 e. The first-order valence-electron chi connectivity index (χ1n) is 8.63. The fourth-order valence-electron chi connectivity index (χ4n) is 3.28. The molecule has 2 amide bonds. The van der Waals surface area contributed by atoms with Gasteiger partial charge in [0.15, 0.2) is 0 Å². The maximum absolute atomic E-state index is 13.5. The molecule has 1 aliphatic rings. The fraction of sp³-hybridized carbons (Fsp3) is 0.263. The lowest BCUT2D eigenvalue weighted by atomic mass is 10.0. The van der Waals surface area contributed by atoms with Crippen molar-refractivity contribution < 1.29 is 22.4 Å². The van der Waals surface area contributed by atoms with E-state index in [9.17, 15) is 22.4 Å². The van der Waals surface area contributed by atoms with E-state index >= 15 is 0 Å². The fourth-order valence-corrected chi connectivity index (χ4v) is 4.84. The number of benzene rings is 2. The molecule has 1 aliphatic heterocycles. The Balaban J connectivity index is 1.85. The van der Waals surface area contributed by atoms with Gasteiger partial charge < -0.3 is 10.6 Å². The van der Waals surface area contributed by atoms with Crippen molar-refractivity contribution in [1.82, 2.24) is 4.90 Å². The molecule has 1 atom stereocenters. The van der Waals surface area contributed by atoms with Gasteiger partial charge in [-0.25, -0.2) is 12.8 Å². The Hall–Kier alpha value is -2.94. The summed E-state index contributed by atoms with van der Waals surface area (Å²) in [5.41, 5.74) is 6.45. The quantitative estimate of drug-likeness (QED) is 0.818. The van der Waals surface area contributed by atoms with Crippen molar-refractivity contribution in [2.75, 3.05) is 23.7 Å². The molecule has 0 radical (unpaired) electrons. The van der Waals surface area contributed by atoms with Crippen LogP contribution >= 0.6 is 0 Å². The molecule has 2 aromatic rings. The number of halogens is 1. The summed E-state index contributed by atoms with van der Waals surface area (Å²) in [5, 5.41) is 0. The molecular formula is C19H20FN3O4S. The molecule has 0 aromatic heterocycles. The van der Waals surface area contributed by atoms with Crippen LogP contribution in [0.3, 0.4) is 0 Å². The highest BCUT2D eigenvalue weighted by Crippen LogP contribution is 2.26. The van der Waals surface area contributed by atoms with Crippen LogP contribution in [0.4, 0.5) is 10.1 Å². The van der Waals surface area contributed by atoms with E-state index in [4.69, 9.17) is 5.73 Å². The summed E-state index contributed by atoms with van der Waals surface area (Å²) in [4.78, 5) is 25.9. The van der Waals surface area contributed by atoms with E-state index < -0.39 is 33.7 Å². The molecule has 0 bridgehead atoms. The second-order valence-electron chi connectivity index (χ2n) is 6.56. The van der Waals surface area contributed by atoms with Crippen molar-refractivity contribution in [3.05, 3.63) is 65.5 Å². The summed E-state index contributed by atoms with van der Waals surface area (Å²) >= 11 is 0. The zero-order valence-corrected chi connectivity index (χ0v) is 16.0. The van der Waals surface area contributed by atoms with E-state index in [0.29, 0.717) is 18.7 Å². The van der Waals surface area contributed by atoms with E-state index in [2.05, 4.69) is 0 Å². The number of anilines is 1. The lowest BCUT2D eigenvalue weighted by Crippen LogP contribution is -2.39. The smallest absolute Gasteiger partial charge is 0.254 e. The van der Waals surface area contributed by atoms with E-state index in [0.717, 1.165) is 11.0 Å². The minimum absolute atomic E-state index is 0.102. The minimum atomic E-state index is -3.31. The monoisotopic (exact) mass is 405 g/mol. The van der Waals surface area contributed by atoms with Gasteiger partial charge in [0, 0.05) is 19.2 Å². The average Bonchev–Trinajstić information content (AvgIpc) is 3.00. The molecule has 0 saturated carbocycles. The lowest BCUT2D eigenvalue weighted by molar-refractivity contribution is -0.122. The predicted molar refractivity (Wildman–Crippen MR) is 103 cm³/mol. The van der Waals surface area contributed by atoms with Gasteiger partial charge in [-0.05, 0) is 48.4 Å². The Labute approximate surface area is 162 Å². The molecule has 9 heteroatoms. The molecule has 2 aromatic carbocycles. The molecule has 28 heavy (non-hydrogen) atoms. The molecule has 148 valence electrons. The molecule has 1 fully saturated rings. The van der Waals surface area contributed by atoms with E-state index in [1.54, 1.807) is 12.1 Å². The van der Waals surface area contributed by atoms with Crippen molar-refractivity contribution in [2.24, 2.45) is 5.73 Å². The number of hydrogen-bond donors (Lipinski definition) is 1. The summed E-state index contributed by atoms with van der Waals surface area (Å²) in [5.74, 6) is -1.73. The number of likely N-dealkylation sites (N-methyl/N-ethyl adjacent to an activating group) is 1. The Morgan fingerprint density at radius 1 is 1.18 bits per heavy atom. The van der Waals surface area contributed by atoms with Crippen molar-refractivity contribution >= 4 is 27.5 Å². The topological polar surface area (TPSA) is 101 Å². The summed E-state index contributed by atoms with van der Waals surface area (Å²) in [7, 11) is -1.91. The summed E-state index contributed by atoms with van der Waals surface area (Å²) in [6.45, 7) is 0.402. The van der Waals surface area contributed by atoms with E-state index in [-0.39, 0.29) is 16.9 Å². The molecule has 1 heterocycles. The second-order valence-corrected chi connectivity index (χ2v) is 8.58. The normalized spacial score (nSPS) is 16.6. The number of hydrogen-bond acceptors (Lipinski definition) is 4. The third-order valence-electron chi connectivity index (χ3n) is 4.64. The maximum atomic E-state index is 13.5. The van der Waals surface area contributed by atoms with Gasteiger partial charge in [0.2, 0.25) is 15.9 Å².